The number of anilines is 1. The minimum atomic E-state index is -3.90. The topological polar surface area (TPSA) is 127 Å². The van der Waals surface area contributed by atoms with Gasteiger partial charge in [0.05, 0.1) is 39.6 Å². The van der Waals surface area contributed by atoms with Crippen LogP contribution in [-0.2, 0) is 19.4 Å². The molecule has 2 aliphatic carbocycles. The Morgan fingerprint density at radius 3 is 2.66 bits per heavy atom. The zero-order chi connectivity index (χ0) is 27.1. The third-order valence-electron chi connectivity index (χ3n) is 7.65. The molecule has 2 atom stereocenters. The fraction of sp³-hybridized carbons (Fsp3) is 0.577. The minimum absolute atomic E-state index is 0.00337. The van der Waals surface area contributed by atoms with Crippen LogP contribution in [0.3, 0.4) is 0 Å². The molecular weight excluding hydrogens is 530 g/mol. The van der Waals surface area contributed by atoms with Gasteiger partial charge < -0.3 is 19.7 Å². The minimum Gasteiger partial charge on any atom is -0.491 e. The van der Waals surface area contributed by atoms with Crippen LogP contribution in [0.25, 0.3) is 0 Å². The summed E-state index contributed by atoms with van der Waals surface area (Å²) in [5.74, 6) is 0.844. The summed E-state index contributed by atoms with van der Waals surface area (Å²) in [6.07, 6.45) is 4.36. The van der Waals surface area contributed by atoms with E-state index < -0.39 is 26.7 Å². The molecule has 1 saturated heterocycles. The predicted molar refractivity (Wildman–Crippen MR) is 141 cm³/mol. The highest BCUT2D eigenvalue weighted by molar-refractivity contribution is 7.92. The zero-order valence-electron chi connectivity index (χ0n) is 21.5. The Balaban J connectivity index is 1.44. The van der Waals surface area contributed by atoms with Gasteiger partial charge >= 0.3 is 0 Å². The lowest BCUT2D eigenvalue weighted by Gasteiger charge is -2.32. The SMILES string of the molecule is COCCOc1ccc(S(=O)(=O)[C@@H]2C[C@@H](C(=O)NC3(C#N)CC3)N(c3cc(C)nn3C3CCC3)C2)c(Cl)c1. The molecule has 38 heavy (non-hydrogen) atoms. The quantitative estimate of drug-likeness (QED) is 0.438. The number of benzene rings is 1. The van der Waals surface area contributed by atoms with Crippen molar-refractivity contribution in [1.29, 1.82) is 5.26 Å². The Morgan fingerprint density at radius 2 is 2.05 bits per heavy atom. The summed E-state index contributed by atoms with van der Waals surface area (Å²) < 4.78 is 40.1. The van der Waals surface area contributed by atoms with Gasteiger partial charge in [-0.05, 0) is 57.6 Å². The van der Waals surface area contributed by atoms with Gasteiger partial charge in [-0.15, -0.1) is 0 Å². The van der Waals surface area contributed by atoms with Crippen molar-refractivity contribution in [3.63, 3.8) is 0 Å². The summed E-state index contributed by atoms with van der Waals surface area (Å²) in [5, 5.41) is 16.3. The largest absolute Gasteiger partial charge is 0.491 e. The van der Waals surface area contributed by atoms with Gasteiger partial charge in [-0.1, -0.05) is 11.6 Å². The molecular formula is C26H32ClN5O5S. The lowest BCUT2D eigenvalue weighted by atomic mass is 9.93. The molecule has 0 spiro atoms. The van der Waals surface area contributed by atoms with E-state index in [1.54, 1.807) is 13.2 Å². The zero-order valence-corrected chi connectivity index (χ0v) is 23.1. The standard InChI is InChI=1S/C26H32ClN5O5S/c1-17-12-24(32(30-17)18-4-3-5-18)31-15-20(14-22(31)25(33)29-26(16-28)8-9-26)38(34,35)23-7-6-19(13-21(23)27)37-11-10-36-2/h6-7,12-13,18,20,22H,3-5,8-11,14-15H2,1-2H3,(H,29,33)/t20-,22+/m1/s1. The Kier molecular flexibility index (Phi) is 7.33. The number of nitrogens with one attached hydrogen (secondary N) is 1. The number of aryl methyl sites for hydroxylation is 1. The Labute approximate surface area is 227 Å². The van der Waals surface area contributed by atoms with E-state index in [1.165, 1.54) is 12.1 Å². The molecule has 1 amide bonds. The second-order valence-electron chi connectivity index (χ2n) is 10.4. The van der Waals surface area contributed by atoms with Gasteiger partial charge in [-0.25, -0.2) is 13.1 Å². The van der Waals surface area contributed by atoms with Gasteiger partial charge in [0.1, 0.15) is 29.8 Å². The van der Waals surface area contributed by atoms with Crippen molar-refractivity contribution in [2.24, 2.45) is 0 Å². The summed E-state index contributed by atoms with van der Waals surface area (Å²) in [4.78, 5) is 15.3. The lowest BCUT2D eigenvalue weighted by molar-refractivity contribution is -0.122. The normalized spacial score (nSPS) is 22.5. The van der Waals surface area contributed by atoms with E-state index in [-0.39, 0.29) is 34.8 Å². The first-order valence-electron chi connectivity index (χ1n) is 12.9. The first-order valence-corrected chi connectivity index (χ1v) is 14.8. The third-order valence-corrected chi connectivity index (χ3v) is 10.3. The number of hydrogen-bond acceptors (Lipinski definition) is 8. The number of amides is 1. The molecule has 3 fully saturated rings. The van der Waals surface area contributed by atoms with Crippen molar-refractivity contribution in [1.82, 2.24) is 15.1 Å². The summed E-state index contributed by atoms with van der Waals surface area (Å²) >= 11 is 6.43. The number of hydrogen-bond donors (Lipinski definition) is 1. The van der Waals surface area contributed by atoms with E-state index in [1.807, 2.05) is 22.6 Å². The van der Waals surface area contributed by atoms with E-state index in [9.17, 15) is 18.5 Å². The number of ether oxygens (including phenoxy) is 2. The van der Waals surface area contributed by atoms with Crippen molar-refractivity contribution in [3.8, 4) is 11.8 Å². The molecule has 12 heteroatoms. The number of carbonyl (C=O) groups excluding carboxylic acids is 1. The fourth-order valence-corrected chi connectivity index (χ4v) is 7.31. The molecule has 204 valence electrons. The van der Waals surface area contributed by atoms with Crippen LogP contribution in [-0.4, -0.2) is 67.8 Å². The Morgan fingerprint density at radius 1 is 1.29 bits per heavy atom. The van der Waals surface area contributed by atoms with Gasteiger partial charge in [0, 0.05) is 25.8 Å². The summed E-state index contributed by atoms with van der Waals surface area (Å²) in [5.41, 5.74) is -0.0497. The average molecular weight is 562 g/mol. The van der Waals surface area contributed by atoms with Gasteiger partial charge in [0.2, 0.25) is 5.91 Å². The van der Waals surface area contributed by atoms with E-state index in [0.717, 1.165) is 30.8 Å². The third kappa shape index (κ3) is 5.09. The van der Waals surface area contributed by atoms with Crippen LogP contribution in [0.5, 0.6) is 5.75 Å². The molecule has 0 unspecified atom stereocenters. The number of methoxy groups -OCH3 is 1. The summed E-state index contributed by atoms with van der Waals surface area (Å²) in [7, 11) is -2.33. The first-order chi connectivity index (χ1) is 18.2. The van der Waals surface area contributed by atoms with Crippen LogP contribution in [0.15, 0.2) is 29.2 Å². The Bertz CT molecular complexity index is 1360. The summed E-state index contributed by atoms with van der Waals surface area (Å²) in [6.45, 7) is 2.71. The molecule has 5 rings (SSSR count). The van der Waals surface area contributed by atoms with Crippen LogP contribution in [0.1, 0.15) is 50.3 Å². The molecule has 0 radical (unpaired) electrons. The average Bonchev–Trinajstić information content (AvgIpc) is 3.29. The number of nitrogens with zero attached hydrogens (tertiary/aromatic N) is 4. The number of nitriles is 1. The maximum Gasteiger partial charge on any atom is 0.244 e. The van der Waals surface area contributed by atoms with Crippen molar-refractivity contribution < 1.29 is 22.7 Å². The van der Waals surface area contributed by atoms with Crippen LogP contribution in [0.2, 0.25) is 5.02 Å². The van der Waals surface area contributed by atoms with Gasteiger partial charge in [-0.2, -0.15) is 10.4 Å². The smallest absolute Gasteiger partial charge is 0.244 e. The van der Waals surface area contributed by atoms with Crippen molar-refractivity contribution in [3.05, 3.63) is 35.0 Å². The van der Waals surface area contributed by atoms with Crippen LogP contribution in [0, 0.1) is 18.3 Å². The molecule has 2 aromatic rings. The molecule has 2 saturated carbocycles. The van der Waals surface area contributed by atoms with Crippen LogP contribution < -0.4 is 15.0 Å². The van der Waals surface area contributed by atoms with Gasteiger partial charge in [0.15, 0.2) is 9.84 Å². The molecule has 1 aromatic carbocycles. The second-order valence-corrected chi connectivity index (χ2v) is 13.0. The lowest BCUT2D eigenvalue weighted by Crippen LogP contribution is -2.48. The van der Waals surface area contributed by atoms with Gasteiger partial charge in [0.25, 0.3) is 0 Å². The van der Waals surface area contributed by atoms with Crippen molar-refractivity contribution in [2.75, 3.05) is 31.8 Å². The molecule has 3 aliphatic rings. The maximum absolute atomic E-state index is 13.8. The van der Waals surface area contributed by atoms with Crippen molar-refractivity contribution in [2.45, 2.75) is 73.2 Å². The molecule has 2 heterocycles. The van der Waals surface area contributed by atoms with E-state index in [4.69, 9.17) is 21.1 Å². The number of halogens is 1. The number of sulfone groups is 1. The highest BCUT2D eigenvalue weighted by atomic mass is 35.5. The molecule has 1 aliphatic heterocycles. The van der Waals surface area contributed by atoms with E-state index in [2.05, 4.69) is 16.5 Å². The van der Waals surface area contributed by atoms with Gasteiger partial charge in [-0.3, -0.25) is 4.79 Å². The summed E-state index contributed by atoms with van der Waals surface area (Å²) in [6, 6.07) is 8.08. The van der Waals surface area contributed by atoms with Crippen LogP contribution >= 0.6 is 11.6 Å². The highest BCUT2D eigenvalue weighted by Crippen LogP contribution is 2.40. The molecule has 1 N–H and O–H groups in total. The monoisotopic (exact) mass is 561 g/mol. The molecule has 10 nitrogen and oxygen atoms in total. The first kappa shape index (κ1) is 26.8. The highest BCUT2D eigenvalue weighted by Gasteiger charge is 2.50. The maximum atomic E-state index is 13.8. The molecule has 1 aromatic heterocycles. The number of carbonyl (C=O) groups is 1. The van der Waals surface area contributed by atoms with E-state index in [0.29, 0.717) is 31.8 Å². The molecule has 0 bridgehead atoms. The Hall–Kier alpha value is -2.81. The van der Waals surface area contributed by atoms with Crippen molar-refractivity contribution >= 4 is 33.2 Å². The second kappa shape index (κ2) is 10.4. The predicted octanol–water partition coefficient (Wildman–Crippen LogP) is 3.19. The number of aromatic nitrogens is 2. The fourth-order valence-electron chi connectivity index (χ4n) is 5.07. The van der Waals surface area contributed by atoms with E-state index >= 15 is 0 Å². The number of rotatable bonds is 10. The van der Waals surface area contributed by atoms with Crippen LogP contribution in [0.4, 0.5) is 5.82 Å².